The summed E-state index contributed by atoms with van der Waals surface area (Å²) in [4.78, 5) is 0. The standard InChI is InChI=1S/C7H3Cl3F2/c8-4-1-3(7(11)12)2-5(9)6(4)10/h1-2,7H. The van der Waals surface area contributed by atoms with Crippen molar-refractivity contribution in [3.8, 4) is 0 Å². The van der Waals surface area contributed by atoms with Gasteiger partial charge < -0.3 is 0 Å². The van der Waals surface area contributed by atoms with Crippen molar-refractivity contribution in [1.29, 1.82) is 0 Å². The van der Waals surface area contributed by atoms with Gasteiger partial charge in [-0.2, -0.15) is 0 Å². The summed E-state index contributed by atoms with van der Waals surface area (Å²) in [6.45, 7) is 0. The van der Waals surface area contributed by atoms with Gasteiger partial charge in [-0.05, 0) is 12.1 Å². The lowest BCUT2D eigenvalue weighted by atomic mass is 10.2. The fourth-order valence-corrected chi connectivity index (χ4v) is 1.31. The highest BCUT2D eigenvalue weighted by molar-refractivity contribution is 6.48. The van der Waals surface area contributed by atoms with Crippen LogP contribution in [-0.2, 0) is 0 Å². The van der Waals surface area contributed by atoms with E-state index in [1.165, 1.54) is 0 Å². The first-order valence-electron chi connectivity index (χ1n) is 2.95. The van der Waals surface area contributed by atoms with Crippen molar-refractivity contribution in [2.45, 2.75) is 6.43 Å². The largest absolute Gasteiger partial charge is 0.263 e. The molecule has 1 aromatic carbocycles. The Morgan fingerprint density at radius 1 is 1.00 bits per heavy atom. The van der Waals surface area contributed by atoms with Crippen LogP contribution in [-0.4, -0.2) is 0 Å². The summed E-state index contributed by atoms with van der Waals surface area (Å²) in [5.74, 6) is 0. The van der Waals surface area contributed by atoms with Crippen LogP contribution in [0.2, 0.25) is 15.1 Å². The minimum Gasteiger partial charge on any atom is -0.205 e. The molecule has 0 amide bonds. The van der Waals surface area contributed by atoms with Gasteiger partial charge in [0, 0.05) is 5.56 Å². The van der Waals surface area contributed by atoms with E-state index in [1.807, 2.05) is 0 Å². The molecule has 0 bridgehead atoms. The van der Waals surface area contributed by atoms with Gasteiger partial charge in [-0.25, -0.2) is 8.78 Å². The van der Waals surface area contributed by atoms with Gasteiger partial charge in [0.05, 0.1) is 15.1 Å². The van der Waals surface area contributed by atoms with Crippen LogP contribution in [0.3, 0.4) is 0 Å². The highest BCUT2D eigenvalue weighted by Gasteiger charge is 2.12. The Morgan fingerprint density at radius 3 is 1.75 bits per heavy atom. The molecular weight excluding hydrogens is 228 g/mol. The third kappa shape index (κ3) is 2.00. The number of hydrogen-bond donors (Lipinski definition) is 0. The maximum Gasteiger partial charge on any atom is 0.263 e. The van der Waals surface area contributed by atoms with Crippen LogP contribution in [0.25, 0.3) is 0 Å². The number of alkyl halides is 2. The molecule has 0 fully saturated rings. The van der Waals surface area contributed by atoms with E-state index in [0.717, 1.165) is 12.1 Å². The van der Waals surface area contributed by atoms with Gasteiger partial charge in [0.2, 0.25) is 0 Å². The molecule has 0 spiro atoms. The van der Waals surface area contributed by atoms with Gasteiger partial charge >= 0.3 is 0 Å². The van der Waals surface area contributed by atoms with E-state index in [-0.39, 0.29) is 20.6 Å². The molecule has 12 heavy (non-hydrogen) atoms. The average molecular weight is 231 g/mol. The minimum atomic E-state index is -2.59. The molecule has 0 saturated carbocycles. The van der Waals surface area contributed by atoms with Crippen LogP contribution in [0.4, 0.5) is 8.78 Å². The van der Waals surface area contributed by atoms with E-state index < -0.39 is 6.43 Å². The van der Waals surface area contributed by atoms with Crippen LogP contribution in [0.15, 0.2) is 12.1 Å². The summed E-state index contributed by atoms with van der Waals surface area (Å²) in [6, 6.07) is 2.20. The van der Waals surface area contributed by atoms with Gasteiger partial charge in [0.25, 0.3) is 6.43 Å². The van der Waals surface area contributed by atoms with Crippen LogP contribution in [0.5, 0.6) is 0 Å². The molecule has 1 rings (SSSR count). The molecule has 0 aliphatic heterocycles. The molecule has 0 atom stereocenters. The van der Waals surface area contributed by atoms with E-state index in [0.29, 0.717) is 0 Å². The van der Waals surface area contributed by atoms with Crippen LogP contribution in [0, 0.1) is 0 Å². The Morgan fingerprint density at radius 2 is 1.42 bits per heavy atom. The Balaban J connectivity index is 3.21. The molecule has 1 aromatic rings. The van der Waals surface area contributed by atoms with Gasteiger partial charge in [0.15, 0.2) is 0 Å². The van der Waals surface area contributed by atoms with Gasteiger partial charge in [-0.1, -0.05) is 34.8 Å². The Bertz CT molecular complexity index is 276. The second kappa shape index (κ2) is 3.77. The maximum absolute atomic E-state index is 12.1. The van der Waals surface area contributed by atoms with E-state index >= 15 is 0 Å². The quantitative estimate of drug-likeness (QED) is 0.620. The second-order valence-electron chi connectivity index (χ2n) is 2.10. The van der Waals surface area contributed by atoms with Crippen molar-refractivity contribution in [2.24, 2.45) is 0 Å². The summed E-state index contributed by atoms with van der Waals surface area (Å²) in [7, 11) is 0. The maximum atomic E-state index is 12.1. The molecule has 0 N–H and O–H groups in total. The third-order valence-electron chi connectivity index (χ3n) is 1.26. The van der Waals surface area contributed by atoms with Crippen molar-refractivity contribution in [2.75, 3.05) is 0 Å². The smallest absolute Gasteiger partial charge is 0.205 e. The van der Waals surface area contributed by atoms with Crippen molar-refractivity contribution >= 4 is 34.8 Å². The summed E-state index contributed by atoms with van der Waals surface area (Å²) in [5, 5.41) is 0.182. The molecule has 0 unspecified atom stereocenters. The lowest BCUT2D eigenvalue weighted by Crippen LogP contribution is -1.84. The SMILES string of the molecule is FC(F)c1cc(Cl)c(Cl)c(Cl)c1. The molecule has 0 aliphatic rings. The molecule has 0 heterocycles. The first-order valence-corrected chi connectivity index (χ1v) is 4.08. The summed E-state index contributed by atoms with van der Waals surface area (Å²) in [5.41, 5.74) is -0.227. The van der Waals surface area contributed by atoms with Crippen LogP contribution >= 0.6 is 34.8 Å². The molecular formula is C7H3Cl3F2. The Hall–Kier alpha value is -0.0500. The zero-order valence-electron chi connectivity index (χ0n) is 5.62. The lowest BCUT2D eigenvalue weighted by molar-refractivity contribution is 0.151. The Kier molecular flexibility index (Phi) is 3.16. The van der Waals surface area contributed by atoms with Gasteiger partial charge in [0.1, 0.15) is 0 Å². The zero-order chi connectivity index (χ0) is 9.30. The normalized spacial score (nSPS) is 10.8. The zero-order valence-corrected chi connectivity index (χ0v) is 7.89. The fraction of sp³-hybridized carbons (Fsp3) is 0.143. The molecule has 0 saturated heterocycles. The lowest BCUT2D eigenvalue weighted by Gasteiger charge is -2.03. The Labute approximate surface area is 83.0 Å². The predicted molar refractivity (Wildman–Crippen MR) is 46.4 cm³/mol. The first kappa shape index (κ1) is 10.0. The van der Waals surface area contributed by atoms with Gasteiger partial charge in [-0.15, -0.1) is 0 Å². The molecule has 0 aliphatic carbocycles. The van der Waals surface area contributed by atoms with Crippen molar-refractivity contribution in [1.82, 2.24) is 0 Å². The molecule has 5 heteroatoms. The minimum absolute atomic E-state index is 0.0412. The van der Waals surface area contributed by atoms with Crippen molar-refractivity contribution in [3.63, 3.8) is 0 Å². The summed E-state index contributed by atoms with van der Waals surface area (Å²) >= 11 is 16.6. The van der Waals surface area contributed by atoms with E-state index in [4.69, 9.17) is 34.8 Å². The monoisotopic (exact) mass is 230 g/mol. The number of hydrogen-bond acceptors (Lipinski definition) is 0. The number of benzene rings is 1. The predicted octanol–water partition coefficient (Wildman–Crippen LogP) is 4.58. The number of halogens is 5. The molecule has 66 valence electrons. The number of rotatable bonds is 1. The second-order valence-corrected chi connectivity index (χ2v) is 3.29. The third-order valence-corrected chi connectivity index (χ3v) is 2.45. The summed E-state index contributed by atoms with van der Waals surface area (Å²) < 4.78 is 24.2. The highest BCUT2D eigenvalue weighted by Crippen LogP contribution is 2.34. The van der Waals surface area contributed by atoms with Crippen LogP contribution < -0.4 is 0 Å². The van der Waals surface area contributed by atoms with E-state index in [9.17, 15) is 8.78 Å². The summed E-state index contributed by atoms with van der Waals surface area (Å²) in [6.07, 6.45) is -2.59. The van der Waals surface area contributed by atoms with E-state index in [2.05, 4.69) is 0 Å². The molecule has 0 nitrogen and oxygen atoms in total. The van der Waals surface area contributed by atoms with Crippen molar-refractivity contribution in [3.05, 3.63) is 32.8 Å². The average Bonchev–Trinajstić information content (AvgIpc) is 1.99. The van der Waals surface area contributed by atoms with Crippen LogP contribution in [0.1, 0.15) is 12.0 Å². The first-order chi connectivity index (χ1) is 5.52. The molecule has 0 radical (unpaired) electrons. The topological polar surface area (TPSA) is 0 Å². The molecule has 0 aromatic heterocycles. The fourth-order valence-electron chi connectivity index (χ4n) is 0.701. The van der Waals surface area contributed by atoms with E-state index in [1.54, 1.807) is 0 Å². The van der Waals surface area contributed by atoms with Crippen molar-refractivity contribution < 1.29 is 8.78 Å². The highest BCUT2D eigenvalue weighted by atomic mass is 35.5. The van der Waals surface area contributed by atoms with Gasteiger partial charge in [-0.3, -0.25) is 0 Å².